The quantitative estimate of drug-likeness (QED) is 0.826. The molecule has 1 aliphatic heterocycles. The van der Waals surface area contributed by atoms with E-state index in [0.29, 0.717) is 6.04 Å². The van der Waals surface area contributed by atoms with Crippen LogP contribution in [0.15, 0.2) is 24.3 Å². The van der Waals surface area contributed by atoms with Gasteiger partial charge in [-0.1, -0.05) is 12.1 Å². The third kappa shape index (κ3) is 2.38. The van der Waals surface area contributed by atoms with E-state index < -0.39 is 0 Å². The van der Waals surface area contributed by atoms with Crippen molar-refractivity contribution in [3.05, 3.63) is 29.8 Å². The molecule has 2 N–H and O–H groups in total. The Bertz CT molecular complexity index is 329. The van der Waals surface area contributed by atoms with Crippen LogP contribution in [0.3, 0.4) is 0 Å². The fraction of sp³-hybridized carbons (Fsp3) is 0.571. The van der Waals surface area contributed by atoms with Crippen molar-refractivity contribution in [1.82, 2.24) is 0 Å². The zero-order chi connectivity index (χ0) is 11.5. The van der Waals surface area contributed by atoms with E-state index in [-0.39, 0.29) is 6.04 Å². The maximum atomic E-state index is 5.86. The van der Waals surface area contributed by atoms with Crippen LogP contribution in [0.2, 0.25) is 0 Å². The molecule has 0 spiro atoms. The van der Waals surface area contributed by atoms with E-state index in [1.807, 2.05) is 6.92 Å². The van der Waals surface area contributed by atoms with Gasteiger partial charge in [0.15, 0.2) is 0 Å². The van der Waals surface area contributed by atoms with Gasteiger partial charge in [-0.2, -0.15) is 0 Å². The lowest BCUT2D eigenvalue weighted by atomic mass is 10.0. The van der Waals surface area contributed by atoms with E-state index in [2.05, 4.69) is 36.1 Å². The molecule has 16 heavy (non-hydrogen) atoms. The lowest BCUT2D eigenvalue weighted by molar-refractivity contribution is 0.485. The molecule has 88 valence electrons. The third-order valence-corrected chi connectivity index (χ3v) is 3.55. The van der Waals surface area contributed by atoms with Gasteiger partial charge < -0.3 is 10.6 Å². The van der Waals surface area contributed by atoms with Crippen molar-refractivity contribution in [1.29, 1.82) is 0 Å². The van der Waals surface area contributed by atoms with Gasteiger partial charge in [0.1, 0.15) is 0 Å². The van der Waals surface area contributed by atoms with E-state index in [0.717, 1.165) is 0 Å². The Labute approximate surface area is 98.4 Å². The molecule has 1 aromatic rings. The second kappa shape index (κ2) is 4.88. The molecule has 0 amide bonds. The normalized spacial score (nSPS) is 23.2. The first-order valence-electron chi connectivity index (χ1n) is 6.30. The molecule has 0 radical (unpaired) electrons. The highest BCUT2D eigenvalue weighted by Crippen LogP contribution is 2.25. The first kappa shape index (κ1) is 11.5. The predicted molar refractivity (Wildman–Crippen MR) is 69.7 cm³/mol. The van der Waals surface area contributed by atoms with E-state index in [1.165, 1.54) is 37.1 Å². The zero-order valence-electron chi connectivity index (χ0n) is 10.3. The smallest absolute Gasteiger partial charge is 0.0368 e. The number of nitrogens with zero attached hydrogens (tertiary/aromatic N) is 1. The molecule has 1 saturated heterocycles. The van der Waals surface area contributed by atoms with E-state index >= 15 is 0 Å². The van der Waals surface area contributed by atoms with Gasteiger partial charge >= 0.3 is 0 Å². The highest BCUT2D eigenvalue weighted by molar-refractivity contribution is 5.49. The number of nitrogens with two attached hydrogens (primary N) is 1. The van der Waals surface area contributed by atoms with Crippen LogP contribution in [-0.2, 0) is 0 Å². The Morgan fingerprint density at radius 1 is 1.25 bits per heavy atom. The summed E-state index contributed by atoms with van der Waals surface area (Å²) < 4.78 is 0. The highest BCUT2D eigenvalue weighted by atomic mass is 15.2. The van der Waals surface area contributed by atoms with Gasteiger partial charge in [0.25, 0.3) is 0 Å². The summed E-state index contributed by atoms with van der Waals surface area (Å²) in [7, 11) is 0. The summed E-state index contributed by atoms with van der Waals surface area (Å²) in [6.07, 6.45) is 4.00. The average Bonchev–Trinajstić information content (AvgIpc) is 2.30. The Hall–Kier alpha value is -1.02. The van der Waals surface area contributed by atoms with Crippen molar-refractivity contribution in [3.8, 4) is 0 Å². The second-order valence-corrected chi connectivity index (χ2v) is 4.92. The average molecular weight is 218 g/mol. The van der Waals surface area contributed by atoms with Crippen molar-refractivity contribution in [2.24, 2.45) is 5.73 Å². The van der Waals surface area contributed by atoms with Crippen molar-refractivity contribution in [2.75, 3.05) is 11.4 Å². The van der Waals surface area contributed by atoms with Crippen LogP contribution in [0, 0.1) is 0 Å². The van der Waals surface area contributed by atoms with Gasteiger partial charge in [-0.25, -0.2) is 0 Å². The Morgan fingerprint density at radius 3 is 2.50 bits per heavy atom. The summed E-state index contributed by atoms with van der Waals surface area (Å²) in [6.45, 7) is 5.54. The maximum absolute atomic E-state index is 5.86. The molecule has 2 heteroatoms. The number of hydrogen-bond donors (Lipinski definition) is 1. The van der Waals surface area contributed by atoms with Gasteiger partial charge in [-0.3, -0.25) is 0 Å². The third-order valence-electron chi connectivity index (χ3n) is 3.55. The minimum atomic E-state index is 0.132. The summed E-state index contributed by atoms with van der Waals surface area (Å²) in [6, 6.07) is 9.53. The molecule has 1 aliphatic rings. The lowest BCUT2D eigenvalue weighted by Gasteiger charge is -2.35. The van der Waals surface area contributed by atoms with Crippen LogP contribution in [0.1, 0.15) is 44.7 Å². The van der Waals surface area contributed by atoms with Crippen LogP contribution in [0.4, 0.5) is 5.69 Å². The fourth-order valence-corrected chi connectivity index (χ4v) is 2.45. The number of hydrogen-bond acceptors (Lipinski definition) is 2. The molecule has 0 saturated carbocycles. The van der Waals surface area contributed by atoms with Gasteiger partial charge in [-0.15, -0.1) is 0 Å². The van der Waals surface area contributed by atoms with Crippen molar-refractivity contribution in [2.45, 2.75) is 45.2 Å². The molecule has 1 aromatic carbocycles. The molecule has 0 aliphatic carbocycles. The highest BCUT2D eigenvalue weighted by Gasteiger charge is 2.18. The van der Waals surface area contributed by atoms with Gasteiger partial charge in [-0.05, 0) is 50.8 Å². The zero-order valence-corrected chi connectivity index (χ0v) is 10.3. The van der Waals surface area contributed by atoms with Crippen LogP contribution >= 0.6 is 0 Å². The molecule has 0 aromatic heterocycles. The van der Waals surface area contributed by atoms with E-state index in [4.69, 9.17) is 5.73 Å². The standard InChI is InChI=1S/C14H22N2/c1-11-5-3-4-10-16(11)14-8-6-13(7-9-14)12(2)15/h6-9,11-12H,3-5,10,15H2,1-2H3. The fourth-order valence-electron chi connectivity index (χ4n) is 2.45. The molecular formula is C14H22N2. The predicted octanol–water partition coefficient (Wildman–Crippen LogP) is 3.09. The molecule has 2 atom stereocenters. The number of benzene rings is 1. The van der Waals surface area contributed by atoms with Crippen LogP contribution in [0.25, 0.3) is 0 Å². The molecule has 0 bridgehead atoms. The van der Waals surface area contributed by atoms with Crippen LogP contribution < -0.4 is 10.6 Å². The number of rotatable bonds is 2. The Kier molecular flexibility index (Phi) is 3.49. The number of piperidine rings is 1. The SMILES string of the molecule is CC(N)c1ccc(N2CCCCC2C)cc1. The number of anilines is 1. The Balaban J connectivity index is 2.14. The summed E-state index contributed by atoms with van der Waals surface area (Å²) in [4.78, 5) is 2.51. The van der Waals surface area contributed by atoms with Gasteiger partial charge in [0.05, 0.1) is 0 Å². The molecule has 1 fully saturated rings. The summed E-state index contributed by atoms with van der Waals surface area (Å²) in [5, 5.41) is 0. The minimum Gasteiger partial charge on any atom is -0.369 e. The Morgan fingerprint density at radius 2 is 1.94 bits per heavy atom. The van der Waals surface area contributed by atoms with Crippen LogP contribution in [0.5, 0.6) is 0 Å². The van der Waals surface area contributed by atoms with Crippen LogP contribution in [-0.4, -0.2) is 12.6 Å². The molecule has 2 unspecified atom stereocenters. The van der Waals surface area contributed by atoms with Gasteiger partial charge in [0, 0.05) is 24.3 Å². The van der Waals surface area contributed by atoms with E-state index in [9.17, 15) is 0 Å². The van der Waals surface area contributed by atoms with Gasteiger partial charge in [0.2, 0.25) is 0 Å². The van der Waals surface area contributed by atoms with E-state index in [1.54, 1.807) is 0 Å². The molecule has 1 heterocycles. The molecule has 2 rings (SSSR count). The summed E-state index contributed by atoms with van der Waals surface area (Å²) >= 11 is 0. The molecule has 2 nitrogen and oxygen atoms in total. The second-order valence-electron chi connectivity index (χ2n) is 4.92. The topological polar surface area (TPSA) is 29.3 Å². The monoisotopic (exact) mass is 218 g/mol. The van der Waals surface area contributed by atoms with Crippen molar-refractivity contribution in [3.63, 3.8) is 0 Å². The summed E-state index contributed by atoms with van der Waals surface area (Å²) in [5.74, 6) is 0. The minimum absolute atomic E-state index is 0.132. The maximum Gasteiger partial charge on any atom is 0.0368 e. The van der Waals surface area contributed by atoms with Crippen molar-refractivity contribution >= 4 is 5.69 Å². The largest absolute Gasteiger partial charge is 0.369 e. The van der Waals surface area contributed by atoms with Crippen molar-refractivity contribution < 1.29 is 0 Å². The first-order valence-corrected chi connectivity index (χ1v) is 6.30. The molecular weight excluding hydrogens is 196 g/mol. The lowest BCUT2D eigenvalue weighted by Crippen LogP contribution is -2.37. The summed E-state index contributed by atoms with van der Waals surface area (Å²) in [5.41, 5.74) is 8.42. The first-order chi connectivity index (χ1) is 7.68.